The van der Waals surface area contributed by atoms with Crippen molar-refractivity contribution in [1.29, 1.82) is 0 Å². The molecule has 0 aliphatic carbocycles. The summed E-state index contributed by atoms with van der Waals surface area (Å²) < 4.78 is 5.69. The highest BCUT2D eigenvalue weighted by Gasteiger charge is 2.10. The number of carbonyl (C=O) groups is 3. The first-order valence-corrected chi connectivity index (χ1v) is 9.03. The van der Waals surface area contributed by atoms with Crippen molar-refractivity contribution in [3.63, 3.8) is 0 Å². The largest absolute Gasteiger partial charge is 0.457 e. The van der Waals surface area contributed by atoms with Crippen molar-refractivity contribution < 1.29 is 19.1 Å². The summed E-state index contributed by atoms with van der Waals surface area (Å²) in [5.74, 6) is 0.433. The predicted octanol–water partition coefficient (Wildman–Crippen LogP) is 4.65. The fraction of sp³-hybridized carbons (Fsp3) is 0.0870. The highest BCUT2D eigenvalue weighted by Crippen LogP contribution is 2.22. The third-order valence-electron chi connectivity index (χ3n) is 4.01. The number of ether oxygens (including phenoxy) is 1. The van der Waals surface area contributed by atoms with E-state index in [-0.39, 0.29) is 12.2 Å². The standard InChI is InChI=1S/C23H20N2O4/c1-16(26)17-7-9-18(10-8-17)24-22(27)15-23(28)25-19-11-13-21(14-12-19)29-20-5-3-2-4-6-20/h2-14H,15H2,1H3,(H,24,27)(H,25,28). The number of ketones is 1. The maximum Gasteiger partial charge on any atom is 0.233 e. The van der Waals surface area contributed by atoms with E-state index in [0.717, 1.165) is 5.75 Å². The third kappa shape index (κ3) is 6.04. The summed E-state index contributed by atoms with van der Waals surface area (Å²) in [4.78, 5) is 35.4. The summed E-state index contributed by atoms with van der Waals surface area (Å²) in [5.41, 5.74) is 1.64. The van der Waals surface area contributed by atoms with Crippen LogP contribution in [0.1, 0.15) is 23.7 Å². The Labute approximate surface area is 168 Å². The lowest BCUT2D eigenvalue weighted by Crippen LogP contribution is -2.21. The SMILES string of the molecule is CC(=O)c1ccc(NC(=O)CC(=O)Nc2ccc(Oc3ccccc3)cc2)cc1. The van der Waals surface area contributed by atoms with Gasteiger partial charge in [0.25, 0.3) is 0 Å². The van der Waals surface area contributed by atoms with Gasteiger partial charge in [-0.1, -0.05) is 18.2 Å². The molecule has 0 unspecified atom stereocenters. The van der Waals surface area contributed by atoms with Gasteiger partial charge in [-0.3, -0.25) is 14.4 Å². The average Bonchev–Trinajstić information content (AvgIpc) is 2.70. The number of para-hydroxylation sites is 1. The molecule has 6 nitrogen and oxygen atoms in total. The zero-order chi connectivity index (χ0) is 20.6. The van der Waals surface area contributed by atoms with Gasteiger partial charge in [0.15, 0.2) is 5.78 Å². The smallest absolute Gasteiger partial charge is 0.233 e. The molecule has 0 spiro atoms. The van der Waals surface area contributed by atoms with Crippen LogP contribution in [0, 0.1) is 0 Å². The molecule has 3 aromatic carbocycles. The minimum Gasteiger partial charge on any atom is -0.457 e. The summed E-state index contributed by atoms with van der Waals surface area (Å²) in [6.07, 6.45) is -0.323. The van der Waals surface area contributed by atoms with Gasteiger partial charge in [-0.2, -0.15) is 0 Å². The van der Waals surface area contributed by atoms with Crippen LogP contribution < -0.4 is 15.4 Å². The summed E-state index contributed by atoms with van der Waals surface area (Å²) in [5, 5.41) is 5.30. The van der Waals surface area contributed by atoms with E-state index < -0.39 is 11.8 Å². The van der Waals surface area contributed by atoms with Gasteiger partial charge in [-0.15, -0.1) is 0 Å². The molecule has 0 saturated heterocycles. The number of hydrogen-bond donors (Lipinski definition) is 2. The quantitative estimate of drug-likeness (QED) is 0.456. The summed E-state index contributed by atoms with van der Waals surface area (Å²) in [6, 6.07) is 22.7. The molecule has 2 amide bonds. The molecule has 0 fully saturated rings. The van der Waals surface area contributed by atoms with E-state index in [2.05, 4.69) is 10.6 Å². The van der Waals surface area contributed by atoms with Crippen LogP contribution in [0.5, 0.6) is 11.5 Å². The van der Waals surface area contributed by atoms with E-state index in [1.807, 2.05) is 30.3 Å². The first-order chi connectivity index (χ1) is 14.0. The number of benzene rings is 3. The van der Waals surface area contributed by atoms with E-state index in [9.17, 15) is 14.4 Å². The van der Waals surface area contributed by atoms with E-state index in [1.165, 1.54) is 6.92 Å². The van der Waals surface area contributed by atoms with E-state index in [4.69, 9.17) is 4.74 Å². The first kappa shape index (κ1) is 19.8. The molecule has 3 rings (SSSR count). The topological polar surface area (TPSA) is 84.5 Å². The number of carbonyl (C=O) groups excluding carboxylic acids is 3. The predicted molar refractivity (Wildman–Crippen MR) is 111 cm³/mol. The highest BCUT2D eigenvalue weighted by atomic mass is 16.5. The molecule has 2 N–H and O–H groups in total. The van der Waals surface area contributed by atoms with Crippen molar-refractivity contribution in [2.75, 3.05) is 10.6 Å². The zero-order valence-electron chi connectivity index (χ0n) is 15.8. The van der Waals surface area contributed by atoms with Crippen molar-refractivity contribution in [2.24, 2.45) is 0 Å². The molecule has 29 heavy (non-hydrogen) atoms. The normalized spacial score (nSPS) is 10.1. The molecular weight excluding hydrogens is 368 g/mol. The third-order valence-corrected chi connectivity index (χ3v) is 4.01. The first-order valence-electron chi connectivity index (χ1n) is 9.03. The Bertz CT molecular complexity index is 997. The lowest BCUT2D eigenvalue weighted by Gasteiger charge is -2.09. The zero-order valence-corrected chi connectivity index (χ0v) is 15.8. The molecule has 0 radical (unpaired) electrons. The Morgan fingerprint density at radius 3 is 1.69 bits per heavy atom. The molecule has 0 bridgehead atoms. The molecule has 3 aromatic rings. The lowest BCUT2D eigenvalue weighted by molar-refractivity contribution is -0.123. The molecule has 0 atom stereocenters. The second-order valence-electron chi connectivity index (χ2n) is 6.35. The van der Waals surface area contributed by atoms with Gasteiger partial charge in [-0.25, -0.2) is 0 Å². The van der Waals surface area contributed by atoms with Crippen molar-refractivity contribution in [3.05, 3.63) is 84.4 Å². The Hall–Kier alpha value is -3.93. The minimum atomic E-state index is -0.442. The fourth-order valence-electron chi connectivity index (χ4n) is 2.58. The Balaban J connectivity index is 1.49. The Morgan fingerprint density at radius 2 is 1.17 bits per heavy atom. The van der Waals surface area contributed by atoms with Crippen molar-refractivity contribution in [1.82, 2.24) is 0 Å². The van der Waals surface area contributed by atoms with Crippen LogP contribution in [-0.2, 0) is 9.59 Å². The second-order valence-corrected chi connectivity index (χ2v) is 6.35. The van der Waals surface area contributed by atoms with Gasteiger partial charge in [-0.05, 0) is 67.6 Å². The molecule has 0 saturated carbocycles. The summed E-state index contributed by atoms with van der Waals surface area (Å²) in [7, 11) is 0. The van der Waals surface area contributed by atoms with Crippen molar-refractivity contribution in [2.45, 2.75) is 13.3 Å². The van der Waals surface area contributed by atoms with Gasteiger partial charge in [0.05, 0.1) is 0 Å². The van der Waals surface area contributed by atoms with E-state index in [1.54, 1.807) is 48.5 Å². The number of rotatable bonds is 7. The number of anilines is 2. The van der Waals surface area contributed by atoms with E-state index in [0.29, 0.717) is 22.7 Å². The van der Waals surface area contributed by atoms with Crippen LogP contribution in [-0.4, -0.2) is 17.6 Å². The molecular formula is C23H20N2O4. The van der Waals surface area contributed by atoms with Crippen molar-refractivity contribution >= 4 is 29.0 Å². The second kappa shape index (κ2) is 9.32. The van der Waals surface area contributed by atoms with Gasteiger partial charge in [0.1, 0.15) is 17.9 Å². The molecule has 0 aliphatic heterocycles. The number of hydrogen-bond acceptors (Lipinski definition) is 4. The fourth-order valence-corrected chi connectivity index (χ4v) is 2.58. The number of amides is 2. The van der Waals surface area contributed by atoms with Gasteiger partial charge in [0, 0.05) is 16.9 Å². The average molecular weight is 388 g/mol. The molecule has 6 heteroatoms. The van der Waals surface area contributed by atoms with Crippen LogP contribution in [0.3, 0.4) is 0 Å². The molecule has 0 heterocycles. The maximum absolute atomic E-state index is 12.1. The van der Waals surface area contributed by atoms with Crippen LogP contribution in [0.2, 0.25) is 0 Å². The minimum absolute atomic E-state index is 0.0533. The van der Waals surface area contributed by atoms with Crippen LogP contribution in [0.25, 0.3) is 0 Å². The Morgan fingerprint density at radius 1 is 0.690 bits per heavy atom. The highest BCUT2D eigenvalue weighted by molar-refractivity contribution is 6.08. The van der Waals surface area contributed by atoms with Crippen molar-refractivity contribution in [3.8, 4) is 11.5 Å². The van der Waals surface area contributed by atoms with Crippen LogP contribution in [0.15, 0.2) is 78.9 Å². The van der Waals surface area contributed by atoms with Gasteiger partial charge in [0.2, 0.25) is 11.8 Å². The Kier molecular flexibility index (Phi) is 6.37. The maximum atomic E-state index is 12.1. The van der Waals surface area contributed by atoms with Gasteiger partial charge < -0.3 is 15.4 Å². The van der Waals surface area contributed by atoms with E-state index >= 15 is 0 Å². The molecule has 146 valence electrons. The number of Topliss-reactive ketones (excluding diaryl/α,β-unsaturated/α-hetero) is 1. The summed E-state index contributed by atoms with van der Waals surface area (Å²) in [6.45, 7) is 1.47. The van der Waals surface area contributed by atoms with Crippen LogP contribution >= 0.6 is 0 Å². The monoisotopic (exact) mass is 388 g/mol. The number of nitrogens with one attached hydrogen (secondary N) is 2. The molecule has 0 aliphatic rings. The lowest BCUT2D eigenvalue weighted by atomic mass is 10.1. The van der Waals surface area contributed by atoms with Gasteiger partial charge >= 0.3 is 0 Å². The van der Waals surface area contributed by atoms with Crippen LogP contribution in [0.4, 0.5) is 11.4 Å². The summed E-state index contributed by atoms with van der Waals surface area (Å²) >= 11 is 0. The molecule has 0 aromatic heterocycles.